The second-order valence-corrected chi connectivity index (χ2v) is 7.26. The molecule has 0 aliphatic heterocycles. The van der Waals surface area contributed by atoms with Crippen LogP contribution in [0.25, 0.3) is 0 Å². The van der Waals surface area contributed by atoms with E-state index in [1.807, 2.05) is 27.7 Å². The van der Waals surface area contributed by atoms with Gasteiger partial charge in [-0.25, -0.2) is 4.98 Å². The summed E-state index contributed by atoms with van der Waals surface area (Å²) in [5, 5.41) is 27.4. The lowest BCUT2D eigenvalue weighted by Gasteiger charge is -2.31. The highest BCUT2D eigenvalue weighted by molar-refractivity contribution is 5.57. The van der Waals surface area contributed by atoms with Crippen molar-refractivity contribution in [2.45, 2.75) is 64.6 Å². The third kappa shape index (κ3) is 4.75. The van der Waals surface area contributed by atoms with Crippen LogP contribution >= 0.6 is 0 Å². The van der Waals surface area contributed by atoms with Crippen molar-refractivity contribution in [3.05, 3.63) is 16.3 Å². The first kappa shape index (κ1) is 17.4. The highest BCUT2D eigenvalue weighted by atomic mass is 16.6. The van der Waals surface area contributed by atoms with Crippen molar-refractivity contribution in [3.63, 3.8) is 0 Å². The van der Waals surface area contributed by atoms with Crippen LogP contribution in [0.1, 0.15) is 47.0 Å². The highest BCUT2D eigenvalue weighted by Gasteiger charge is 2.28. The minimum absolute atomic E-state index is 0.0303. The molecule has 0 aromatic carbocycles. The first-order valence-corrected chi connectivity index (χ1v) is 7.90. The molecule has 1 aliphatic rings. The molecule has 0 spiro atoms. The highest BCUT2D eigenvalue weighted by Crippen LogP contribution is 2.29. The fourth-order valence-corrected chi connectivity index (χ4v) is 2.63. The SMILES string of the molecule is C[C@@H]1CC[C@@H](Nc2nc(NC(C)(C)C)ncc2[N+](=O)[O-])C[C@H]1O. The molecule has 1 aliphatic carbocycles. The third-order valence-electron chi connectivity index (χ3n) is 3.95. The lowest BCUT2D eigenvalue weighted by molar-refractivity contribution is -0.384. The molecule has 0 saturated heterocycles. The van der Waals surface area contributed by atoms with Crippen molar-refractivity contribution in [1.29, 1.82) is 0 Å². The molecule has 8 nitrogen and oxygen atoms in total. The minimum Gasteiger partial charge on any atom is -0.393 e. The number of aromatic nitrogens is 2. The Kier molecular flexibility index (Phi) is 5.03. The minimum atomic E-state index is -0.495. The Hall–Kier alpha value is -1.96. The van der Waals surface area contributed by atoms with Gasteiger partial charge in [0.1, 0.15) is 6.20 Å². The number of aliphatic hydroxyl groups excluding tert-OH is 1. The number of aliphatic hydroxyl groups is 1. The van der Waals surface area contributed by atoms with Gasteiger partial charge in [0.2, 0.25) is 11.8 Å². The molecule has 3 atom stereocenters. The third-order valence-corrected chi connectivity index (χ3v) is 3.95. The van der Waals surface area contributed by atoms with Crippen LogP contribution in [-0.2, 0) is 0 Å². The summed E-state index contributed by atoms with van der Waals surface area (Å²) in [5.74, 6) is 0.797. The molecule has 23 heavy (non-hydrogen) atoms. The van der Waals surface area contributed by atoms with E-state index >= 15 is 0 Å². The standard InChI is InChI=1S/C15H25N5O3/c1-9-5-6-10(7-12(9)21)17-13-11(20(22)23)8-16-14(18-13)19-15(2,3)4/h8-10,12,21H,5-7H2,1-4H3,(H2,16,17,18,19)/t9-,10-,12-/m1/s1. The molecule has 0 amide bonds. The zero-order valence-corrected chi connectivity index (χ0v) is 14.0. The van der Waals surface area contributed by atoms with Gasteiger partial charge in [-0.2, -0.15) is 4.98 Å². The molecular weight excluding hydrogens is 298 g/mol. The number of nitrogens with zero attached hydrogens (tertiary/aromatic N) is 3. The van der Waals surface area contributed by atoms with Crippen LogP contribution in [0.3, 0.4) is 0 Å². The fourth-order valence-electron chi connectivity index (χ4n) is 2.63. The van der Waals surface area contributed by atoms with Crippen LogP contribution in [0.15, 0.2) is 6.20 Å². The summed E-state index contributed by atoms with van der Waals surface area (Å²) in [6.45, 7) is 7.90. The molecular formula is C15H25N5O3. The van der Waals surface area contributed by atoms with Crippen molar-refractivity contribution in [2.75, 3.05) is 10.6 Å². The Bertz CT molecular complexity index is 573. The molecule has 1 saturated carbocycles. The Labute approximate surface area is 135 Å². The largest absolute Gasteiger partial charge is 0.393 e. The zero-order valence-electron chi connectivity index (χ0n) is 14.0. The Balaban J connectivity index is 2.20. The van der Waals surface area contributed by atoms with Gasteiger partial charge in [-0.15, -0.1) is 0 Å². The zero-order chi connectivity index (χ0) is 17.2. The molecule has 1 heterocycles. The van der Waals surface area contributed by atoms with Gasteiger partial charge in [-0.3, -0.25) is 10.1 Å². The van der Waals surface area contributed by atoms with Gasteiger partial charge >= 0.3 is 5.69 Å². The van der Waals surface area contributed by atoms with E-state index in [1.54, 1.807) is 0 Å². The van der Waals surface area contributed by atoms with Crippen LogP contribution in [0.4, 0.5) is 17.5 Å². The quantitative estimate of drug-likeness (QED) is 0.576. The Morgan fingerprint density at radius 2 is 2.09 bits per heavy atom. The van der Waals surface area contributed by atoms with E-state index in [2.05, 4.69) is 20.6 Å². The molecule has 2 rings (SSSR count). The fraction of sp³-hybridized carbons (Fsp3) is 0.733. The molecule has 0 bridgehead atoms. The Morgan fingerprint density at radius 1 is 1.39 bits per heavy atom. The van der Waals surface area contributed by atoms with E-state index in [9.17, 15) is 15.2 Å². The summed E-state index contributed by atoms with van der Waals surface area (Å²) in [6, 6.07) is -0.0303. The second-order valence-electron chi connectivity index (χ2n) is 7.26. The summed E-state index contributed by atoms with van der Waals surface area (Å²) in [6.07, 6.45) is 3.11. The van der Waals surface area contributed by atoms with E-state index in [4.69, 9.17) is 0 Å². The van der Waals surface area contributed by atoms with Crippen LogP contribution < -0.4 is 10.6 Å². The summed E-state index contributed by atoms with van der Waals surface area (Å²) in [7, 11) is 0. The number of nitro groups is 1. The van der Waals surface area contributed by atoms with E-state index in [0.717, 1.165) is 12.8 Å². The van der Waals surface area contributed by atoms with Crippen LogP contribution in [-0.4, -0.2) is 37.7 Å². The van der Waals surface area contributed by atoms with Gasteiger partial charge in [-0.1, -0.05) is 6.92 Å². The van der Waals surface area contributed by atoms with E-state index in [-0.39, 0.29) is 29.0 Å². The van der Waals surface area contributed by atoms with E-state index < -0.39 is 11.0 Å². The molecule has 0 unspecified atom stereocenters. The van der Waals surface area contributed by atoms with Crippen molar-refractivity contribution in [1.82, 2.24) is 9.97 Å². The summed E-state index contributed by atoms with van der Waals surface area (Å²) in [4.78, 5) is 19.0. The van der Waals surface area contributed by atoms with Crippen LogP contribution in [0, 0.1) is 16.0 Å². The van der Waals surface area contributed by atoms with Crippen molar-refractivity contribution in [3.8, 4) is 0 Å². The van der Waals surface area contributed by atoms with Crippen molar-refractivity contribution < 1.29 is 10.0 Å². The van der Waals surface area contributed by atoms with Gasteiger partial charge in [0.15, 0.2) is 0 Å². The predicted molar refractivity (Wildman–Crippen MR) is 88.5 cm³/mol. The molecule has 0 radical (unpaired) electrons. The molecule has 128 valence electrons. The predicted octanol–water partition coefficient (Wildman–Crippen LogP) is 2.56. The molecule has 8 heteroatoms. The van der Waals surface area contributed by atoms with E-state index in [1.165, 1.54) is 6.20 Å². The van der Waals surface area contributed by atoms with Gasteiger partial charge in [0.05, 0.1) is 11.0 Å². The molecule has 1 fully saturated rings. The lowest BCUT2D eigenvalue weighted by atomic mass is 9.85. The smallest absolute Gasteiger partial charge is 0.329 e. The number of hydrogen-bond donors (Lipinski definition) is 3. The monoisotopic (exact) mass is 323 g/mol. The van der Waals surface area contributed by atoms with Gasteiger partial charge < -0.3 is 15.7 Å². The Morgan fingerprint density at radius 3 is 2.65 bits per heavy atom. The summed E-state index contributed by atoms with van der Waals surface area (Å²) >= 11 is 0. The average molecular weight is 323 g/mol. The van der Waals surface area contributed by atoms with Crippen molar-refractivity contribution in [2.24, 2.45) is 5.92 Å². The summed E-state index contributed by atoms with van der Waals surface area (Å²) in [5.41, 5.74) is -0.401. The van der Waals surface area contributed by atoms with Crippen LogP contribution in [0.2, 0.25) is 0 Å². The topological polar surface area (TPSA) is 113 Å². The number of anilines is 2. The number of hydrogen-bond acceptors (Lipinski definition) is 7. The molecule has 1 aromatic rings. The van der Waals surface area contributed by atoms with Crippen molar-refractivity contribution >= 4 is 17.5 Å². The maximum atomic E-state index is 11.2. The lowest BCUT2D eigenvalue weighted by Crippen LogP contribution is -2.35. The van der Waals surface area contributed by atoms with E-state index in [0.29, 0.717) is 12.4 Å². The summed E-state index contributed by atoms with van der Waals surface area (Å²) < 4.78 is 0. The van der Waals surface area contributed by atoms with Gasteiger partial charge in [0, 0.05) is 11.6 Å². The molecule has 1 aromatic heterocycles. The first-order valence-electron chi connectivity index (χ1n) is 7.90. The van der Waals surface area contributed by atoms with Gasteiger partial charge in [-0.05, 0) is 46.0 Å². The second kappa shape index (κ2) is 6.66. The maximum absolute atomic E-state index is 11.2. The average Bonchev–Trinajstić information content (AvgIpc) is 2.41. The first-order chi connectivity index (χ1) is 10.7. The maximum Gasteiger partial charge on any atom is 0.329 e. The van der Waals surface area contributed by atoms with Gasteiger partial charge in [0.25, 0.3) is 0 Å². The number of nitrogens with one attached hydrogen (secondary N) is 2. The molecule has 3 N–H and O–H groups in total. The van der Waals surface area contributed by atoms with Crippen LogP contribution in [0.5, 0.6) is 0 Å². The number of rotatable bonds is 4. The normalized spacial score (nSPS) is 25.0.